The Morgan fingerprint density at radius 2 is 2.03 bits per heavy atom. The van der Waals surface area contributed by atoms with Crippen molar-refractivity contribution in [2.75, 3.05) is 19.8 Å². The molecule has 0 radical (unpaired) electrons. The Morgan fingerprint density at radius 1 is 1.22 bits per heavy atom. The van der Waals surface area contributed by atoms with Crippen molar-refractivity contribution < 1.29 is 27.4 Å². The van der Waals surface area contributed by atoms with Crippen LogP contribution in [0.25, 0.3) is 5.57 Å². The van der Waals surface area contributed by atoms with Gasteiger partial charge in [-0.2, -0.15) is 13.2 Å². The molecule has 5 rings (SSSR count). The number of fused-ring (bicyclic) bond motifs is 3. The number of nitrogens with zero attached hydrogens (tertiary/aromatic N) is 1. The van der Waals surface area contributed by atoms with Crippen LogP contribution in [0.3, 0.4) is 0 Å². The fraction of sp³-hybridized carbons (Fsp3) is 0.464. The van der Waals surface area contributed by atoms with E-state index in [1.54, 1.807) is 6.92 Å². The summed E-state index contributed by atoms with van der Waals surface area (Å²) in [4.78, 5) is 4.73. The van der Waals surface area contributed by atoms with Crippen LogP contribution in [-0.4, -0.2) is 38.1 Å². The molecule has 0 aromatic heterocycles. The van der Waals surface area contributed by atoms with Crippen molar-refractivity contribution in [3.8, 4) is 17.6 Å². The van der Waals surface area contributed by atoms with Crippen LogP contribution in [0.5, 0.6) is 5.75 Å². The molecule has 0 bridgehead atoms. The summed E-state index contributed by atoms with van der Waals surface area (Å²) in [5.74, 6) is 6.91. The molecular formula is C28H29F3N2O3. The number of halogens is 3. The van der Waals surface area contributed by atoms with Gasteiger partial charge in [0.2, 0.25) is 0 Å². The molecule has 2 N–H and O–H groups in total. The molecule has 3 unspecified atom stereocenters. The number of alkyl halides is 3. The van der Waals surface area contributed by atoms with Crippen LogP contribution in [-0.2, 0) is 15.0 Å². The van der Waals surface area contributed by atoms with E-state index < -0.39 is 29.7 Å². The standard InChI is InChI=1S/C28H29F3N2O3/c1-3-5-19-7-4-6-18(2)12-21(13-19)20-8-9-23-22(14-20)27(17-35-25(32)33-27)26(15-34-16-26)24(36-23)10-11-28(29,30)31/h4,7-9,12-14,18,24H,6,10-11,15-17H2,1-2H3,(H2,32,33). The minimum Gasteiger partial charge on any atom is -0.489 e. The Hall–Kier alpha value is -3.18. The fourth-order valence-corrected chi connectivity index (χ4v) is 5.59. The van der Waals surface area contributed by atoms with Crippen LogP contribution in [0, 0.1) is 23.2 Å². The van der Waals surface area contributed by atoms with Crippen LogP contribution in [0.1, 0.15) is 44.2 Å². The first kappa shape index (κ1) is 24.5. The Balaban J connectivity index is 1.62. The molecular weight excluding hydrogens is 469 g/mol. The van der Waals surface area contributed by atoms with Crippen molar-refractivity contribution in [3.05, 3.63) is 59.2 Å². The molecule has 36 heavy (non-hydrogen) atoms. The number of rotatable bonds is 3. The number of allylic oxidation sites excluding steroid dienone is 6. The monoisotopic (exact) mass is 498 g/mol. The van der Waals surface area contributed by atoms with E-state index in [-0.39, 0.29) is 32.3 Å². The molecule has 3 aliphatic heterocycles. The van der Waals surface area contributed by atoms with Crippen LogP contribution >= 0.6 is 0 Å². The van der Waals surface area contributed by atoms with E-state index >= 15 is 0 Å². The summed E-state index contributed by atoms with van der Waals surface area (Å²) in [7, 11) is 0. The average molecular weight is 499 g/mol. The molecule has 4 aliphatic rings. The van der Waals surface area contributed by atoms with E-state index in [0.717, 1.165) is 28.7 Å². The zero-order chi connectivity index (χ0) is 25.6. The van der Waals surface area contributed by atoms with Crippen molar-refractivity contribution in [1.29, 1.82) is 0 Å². The van der Waals surface area contributed by atoms with Gasteiger partial charge in [-0.25, -0.2) is 4.99 Å². The van der Waals surface area contributed by atoms with E-state index in [1.165, 1.54) is 0 Å². The topological polar surface area (TPSA) is 66.1 Å². The van der Waals surface area contributed by atoms with Crippen LogP contribution in [0.15, 0.2) is 53.1 Å². The van der Waals surface area contributed by atoms with Gasteiger partial charge in [-0.15, -0.1) is 5.92 Å². The molecule has 1 saturated heterocycles. The minimum absolute atomic E-state index is 0.0263. The van der Waals surface area contributed by atoms with E-state index in [2.05, 4.69) is 37.0 Å². The molecule has 1 aromatic rings. The lowest BCUT2D eigenvalue weighted by Crippen LogP contribution is -2.67. The summed E-state index contributed by atoms with van der Waals surface area (Å²) in [6.45, 7) is 4.53. The Morgan fingerprint density at radius 3 is 2.67 bits per heavy atom. The quantitative estimate of drug-likeness (QED) is 0.577. The first-order valence-electron chi connectivity index (χ1n) is 12.1. The molecule has 8 heteroatoms. The fourth-order valence-electron chi connectivity index (χ4n) is 5.59. The number of hydrogen-bond acceptors (Lipinski definition) is 5. The zero-order valence-corrected chi connectivity index (χ0v) is 20.3. The number of aliphatic imine (C=N–C) groups is 1. The van der Waals surface area contributed by atoms with Crippen molar-refractivity contribution in [1.82, 2.24) is 0 Å². The minimum atomic E-state index is -4.29. The van der Waals surface area contributed by atoms with E-state index in [1.807, 2.05) is 24.3 Å². The summed E-state index contributed by atoms with van der Waals surface area (Å²) >= 11 is 0. The van der Waals surface area contributed by atoms with Gasteiger partial charge < -0.3 is 19.9 Å². The largest absolute Gasteiger partial charge is 0.489 e. The number of nitrogens with two attached hydrogens (primary N) is 1. The Labute approximate surface area is 208 Å². The van der Waals surface area contributed by atoms with Crippen molar-refractivity contribution in [3.63, 3.8) is 0 Å². The third-order valence-electron chi connectivity index (χ3n) is 7.46. The highest BCUT2D eigenvalue weighted by molar-refractivity contribution is 5.79. The van der Waals surface area contributed by atoms with E-state index in [4.69, 9.17) is 24.9 Å². The van der Waals surface area contributed by atoms with Gasteiger partial charge in [0, 0.05) is 17.6 Å². The van der Waals surface area contributed by atoms with Crippen LogP contribution < -0.4 is 10.5 Å². The predicted molar refractivity (Wildman–Crippen MR) is 131 cm³/mol. The molecule has 2 spiro atoms. The number of ether oxygens (including phenoxy) is 3. The Kier molecular flexibility index (Phi) is 6.16. The molecule has 1 aromatic carbocycles. The first-order chi connectivity index (χ1) is 17.2. The summed E-state index contributed by atoms with van der Waals surface area (Å²) in [6, 6.07) is 5.79. The predicted octanol–water partition coefficient (Wildman–Crippen LogP) is 5.28. The van der Waals surface area contributed by atoms with Gasteiger partial charge in [0.25, 0.3) is 6.02 Å². The summed E-state index contributed by atoms with van der Waals surface area (Å²) < 4.78 is 57.0. The van der Waals surface area contributed by atoms with Gasteiger partial charge >= 0.3 is 6.18 Å². The van der Waals surface area contributed by atoms with Crippen molar-refractivity contribution >= 4 is 11.6 Å². The Bertz CT molecular complexity index is 1230. The van der Waals surface area contributed by atoms with Gasteiger partial charge in [0.05, 0.1) is 18.6 Å². The van der Waals surface area contributed by atoms with Crippen LogP contribution in [0.4, 0.5) is 13.2 Å². The van der Waals surface area contributed by atoms with Gasteiger partial charge in [-0.05, 0) is 55.0 Å². The summed E-state index contributed by atoms with van der Waals surface area (Å²) in [5, 5.41) is 0. The molecule has 5 nitrogen and oxygen atoms in total. The molecule has 0 amide bonds. The summed E-state index contributed by atoms with van der Waals surface area (Å²) in [6.07, 6.45) is 3.14. The maximum Gasteiger partial charge on any atom is 0.389 e. The molecule has 0 saturated carbocycles. The molecule has 3 heterocycles. The highest BCUT2D eigenvalue weighted by atomic mass is 19.4. The van der Waals surface area contributed by atoms with Gasteiger partial charge in [-0.1, -0.05) is 37.1 Å². The van der Waals surface area contributed by atoms with Crippen LogP contribution in [0.2, 0.25) is 0 Å². The van der Waals surface area contributed by atoms with Gasteiger partial charge in [0.1, 0.15) is 24.0 Å². The second-order valence-corrected chi connectivity index (χ2v) is 9.93. The second kappa shape index (κ2) is 9.04. The molecule has 1 aliphatic carbocycles. The van der Waals surface area contributed by atoms with E-state index in [0.29, 0.717) is 11.7 Å². The number of benzene rings is 1. The second-order valence-electron chi connectivity index (χ2n) is 9.93. The maximum atomic E-state index is 13.2. The summed E-state index contributed by atoms with van der Waals surface area (Å²) in [5.41, 5.74) is 7.83. The molecule has 1 fully saturated rings. The van der Waals surface area contributed by atoms with Gasteiger partial charge in [-0.3, -0.25) is 0 Å². The normalized spacial score (nSPS) is 28.3. The highest BCUT2D eigenvalue weighted by Crippen LogP contribution is 2.59. The number of hydrogen-bond donors (Lipinski definition) is 1. The smallest absolute Gasteiger partial charge is 0.389 e. The average Bonchev–Trinajstić information content (AvgIpc) is 3.16. The van der Waals surface area contributed by atoms with Crippen molar-refractivity contribution in [2.24, 2.45) is 22.1 Å². The lowest BCUT2D eigenvalue weighted by molar-refractivity contribution is -0.224. The van der Waals surface area contributed by atoms with Crippen molar-refractivity contribution in [2.45, 2.75) is 50.9 Å². The SMILES string of the molecule is CC#CC1=CC(c2ccc3c(c2)C2(COC(N)=N2)C2(COC2)C(CCC(F)(F)F)O3)=CC(C)CC=C1. The lowest BCUT2D eigenvalue weighted by Gasteiger charge is -2.57. The highest BCUT2D eigenvalue weighted by Gasteiger charge is 2.68. The third kappa shape index (κ3) is 4.20. The zero-order valence-electron chi connectivity index (χ0n) is 20.3. The first-order valence-corrected chi connectivity index (χ1v) is 12.1. The maximum absolute atomic E-state index is 13.2. The third-order valence-corrected chi connectivity index (χ3v) is 7.46. The number of amidine groups is 1. The van der Waals surface area contributed by atoms with Gasteiger partial charge in [0.15, 0.2) is 0 Å². The molecule has 190 valence electrons. The lowest BCUT2D eigenvalue weighted by atomic mass is 9.59. The molecule has 3 atom stereocenters. The van der Waals surface area contributed by atoms with E-state index in [9.17, 15) is 13.2 Å².